The topological polar surface area (TPSA) is 32.3 Å². The van der Waals surface area contributed by atoms with Gasteiger partial charge < -0.3 is 10.4 Å². The summed E-state index contributed by atoms with van der Waals surface area (Å²) < 4.78 is 24.7. The smallest absolute Gasteiger partial charge is 0.263 e. The standard InChI is InChI=1S/C11H15F2NO/c1-8(15)6-14-7-9-3-2-4-10(5-9)11(12)13/h2-5,8,11,14-15H,6-7H2,1H3. The maximum Gasteiger partial charge on any atom is 0.263 e. The predicted molar refractivity (Wildman–Crippen MR) is 54.8 cm³/mol. The lowest BCUT2D eigenvalue weighted by Gasteiger charge is -2.08. The Labute approximate surface area is 87.9 Å². The normalized spacial score (nSPS) is 13.1. The summed E-state index contributed by atoms with van der Waals surface area (Å²) >= 11 is 0. The molecular formula is C11H15F2NO. The second-order valence-electron chi connectivity index (χ2n) is 3.53. The van der Waals surface area contributed by atoms with Crippen molar-refractivity contribution in [2.24, 2.45) is 0 Å². The van der Waals surface area contributed by atoms with E-state index in [1.54, 1.807) is 19.1 Å². The summed E-state index contributed by atoms with van der Waals surface area (Å²) in [4.78, 5) is 0. The molecular weight excluding hydrogens is 200 g/mol. The fraction of sp³-hybridized carbons (Fsp3) is 0.455. The molecule has 0 spiro atoms. The van der Waals surface area contributed by atoms with E-state index < -0.39 is 12.5 Å². The minimum absolute atomic E-state index is 0.0337. The van der Waals surface area contributed by atoms with Crippen LogP contribution in [0.2, 0.25) is 0 Å². The van der Waals surface area contributed by atoms with Gasteiger partial charge in [0.1, 0.15) is 0 Å². The highest BCUT2D eigenvalue weighted by Gasteiger charge is 2.06. The van der Waals surface area contributed by atoms with Crippen LogP contribution < -0.4 is 5.32 Å². The third-order valence-electron chi connectivity index (χ3n) is 1.97. The Kier molecular flexibility index (Phi) is 4.65. The van der Waals surface area contributed by atoms with Crippen LogP contribution in [0.15, 0.2) is 24.3 Å². The molecule has 0 fully saturated rings. The Bertz CT molecular complexity index is 302. The van der Waals surface area contributed by atoms with Gasteiger partial charge >= 0.3 is 0 Å². The maximum atomic E-state index is 12.3. The van der Waals surface area contributed by atoms with Gasteiger partial charge in [0.25, 0.3) is 6.43 Å². The molecule has 15 heavy (non-hydrogen) atoms. The van der Waals surface area contributed by atoms with Crippen molar-refractivity contribution in [2.45, 2.75) is 26.0 Å². The van der Waals surface area contributed by atoms with Crippen LogP contribution in [0.25, 0.3) is 0 Å². The van der Waals surface area contributed by atoms with E-state index >= 15 is 0 Å². The highest BCUT2D eigenvalue weighted by molar-refractivity contribution is 5.24. The summed E-state index contributed by atoms with van der Waals surface area (Å²) in [6.07, 6.45) is -2.86. The lowest BCUT2D eigenvalue weighted by Crippen LogP contribution is -2.23. The van der Waals surface area contributed by atoms with E-state index in [0.717, 1.165) is 5.56 Å². The number of aliphatic hydroxyl groups is 1. The van der Waals surface area contributed by atoms with Crippen LogP contribution in [0.4, 0.5) is 8.78 Å². The van der Waals surface area contributed by atoms with Crippen LogP contribution >= 0.6 is 0 Å². The number of benzene rings is 1. The van der Waals surface area contributed by atoms with Crippen LogP contribution in [0, 0.1) is 0 Å². The van der Waals surface area contributed by atoms with Gasteiger partial charge in [-0.25, -0.2) is 8.78 Å². The number of halogens is 2. The number of aliphatic hydroxyl groups excluding tert-OH is 1. The second-order valence-corrected chi connectivity index (χ2v) is 3.53. The molecule has 1 aromatic rings. The van der Waals surface area contributed by atoms with Crippen LogP contribution in [0.5, 0.6) is 0 Å². The fourth-order valence-electron chi connectivity index (χ4n) is 1.26. The molecule has 1 rings (SSSR count). The van der Waals surface area contributed by atoms with E-state index in [-0.39, 0.29) is 5.56 Å². The lowest BCUT2D eigenvalue weighted by atomic mass is 10.1. The van der Waals surface area contributed by atoms with Crippen LogP contribution in [-0.4, -0.2) is 17.8 Å². The summed E-state index contributed by atoms with van der Waals surface area (Å²) in [5.74, 6) is 0. The molecule has 0 saturated heterocycles. The van der Waals surface area contributed by atoms with Crippen molar-refractivity contribution >= 4 is 0 Å². The largest absolute Gasteiger partial charge is 0.392 e. The van der Waals surface area contributed by atoms with E-state index in [1.807, 2.05) is 0 Å². The second kappa shape index (κ2) is 5.78. The third-order valence-corrected chi connectivity index (χ3v) is 1.97. The third kappa shape index (κ3) is 4.36. The molecule has 1 unspecified atom stereocenters. The van der Waals surface area contributed by atoms with Gasteiger partial charge in [0.15, 0.2) is 0 Å². The molecule has 2 N–H and O–H groups in total. The Balaban J connectivity index is 2.50. The Hall–Kier alpha value is -1.00. The monoisotopic (exact) mass is 215 g/mol. The van der Waals surface area contributed by atoms with Gasteiger partial charge in [-0.05, 0) is 18.6 Å². The number of hydrogen-bond acceptors (Lipinski definition) is 2. The lowest BCUT2D eigenvalue weighted by molar-refractivity contribution is 0.151. The molecule has 0 radical (unpaired) electrons. The molecule has 84 valence electrons. The molecule has 0 saturated carbocycles. The molecule has 0 amide bonds. The van der Waals surface area contributed by atoms with Crippen molar-refractivity contribution in [2.75, 3.05) is 6.54 Å². The fourth-order valence-corrected chi connectivity index (χ4v) is 1.26. The first-order valence-electron chi connectivity index (χ1n) is 4.85. The quantitative estimate of drug-likeness (QED) is 0.788. The highest BCUT2D eigenvalue weighted by atomic mass is 19.3. The summed E-state index contributed by atoms with van der Waals surface area (Å²) in [5, 5.41) is 12.0. The number of alkyl halides is 2. The number of hydrogen-bond donors (Lipinski definition) is 2. The van der Waals surface area contributed by atoms with Gasteiger partial charge in [0.2, 0.25) is 0 Å². The number of rotatable bonds is 5. The van der Waals surface area contributed by atoms with Gasteiger partial charge in [-0.15, -0.1) is 0 Å². The Morgan fingerprint density at radius 1 is 1.40 bits per heavy atom. The van der Waals surface area contributed by atoms with E-state index in [4.69, 9.17) is 5.11 Å². The first kappa shape index (κ1) is 12.1. The SMILES string of the molecule is CC(O)CNCc1cccc(C(F)F)c1. The average Bonchev–Trinajstić information content (AvgIpc) is 2.17. The Morgan fingerprint density at radius 3 is 2.73 bits per heavy atom. The first-order valence-corrected chi connectivity index (χ1v) is 4.85. The summed E-state index contributed by atoms with van der Waals surface area (Å²) in [7, 11) is 0. The molecule has 0 heterocycles. The van der Waals surface area contributed by atoms with E-state index in [9.17, 15) is 8.78 Å². The van der Waals surface area contributed by atoms with Crippen molar-refractivity contribution < 1.29 is 13.9 Å². The minimum Gasteiger partial charge on any atom is -0.392 e. The zero-order valence-electron chi connectivity index (χ0n) is 8.58. The zero-order chi connectivity index (χ0) is 11.3. The van der Waals surface area contributed by atoms with E-state index in [1.165, 1.54) is 12.1 Å². The minimum atomic E-state index is -2.43. The average molecular weight is 215 g/mol. The predicted octanol–water partition coefficient (Wildman–Crippen LogP) is 2.09. The maximum absolute atomic E-state index is 12.3. The zero-order valence-corrected chi connectivity index (χ0v) is 8.58. The van der Waals surface area contributed by atoms with Crippen molar-refractivity contribution in [3.05, 3.63) is 35.4 Å². The first-order chi connectivity index (χ1) is 7.09. The summed E-state index contributed by atoms with van der Waals surface area (Å²) in [6, 6.07) is 6.27. The van der Waals surface area contributed by atoms with Crippen LogP contribution in [-0.2, 0) is 6.54 Å². The molecule has 0 aliphatic heterocycles. The van der Waals surface area contributed by atoms with Crippen molar-refractivity contribution in [3.63, 3.8) is 0 Å². The van der Waals surface area contributed by atoms with E-state index in [0.29, 0.717) is 13.1 Å². The molecule has 2 nitrogen and oxygen atoms in total. The molecule has 0 aromatic heterocycles. The highest BCUT2D eigenvalue weighted by Crippen LogP contribution is 2.19. The van der Waals surface area contributed by atoms with Crippen LogP contribution in [0.1, 0.15) is 24.5 Å². The molecule has 0 aliphatic carbocycles. The number of nitrogens with one attached hydrogen (secondary N) is 1. The molecule has 1 aromatic carbocycles. The molecule has 4 heteroatoms. The van der Waals surface area contributed by atoms with Gasteiger partial charge in [-0.3, -0.25) is 0 Å². The van der Waals surface area contributed by atoms with Gasteiger partial charge in [0, 0.05) is 18.7 Å². The molecule has 0 aliphatic rings. The van der Waals surface area contributed by atoms with Crippen molar-refractivity contribution in [1.82, 2.24) is 5.32 Å². The van der Waals surface area contributed by atoms with Crippen molar-refractivity contribution in [1.29, 1.82) is 0 Å². The van der Waals surface area contributed by atoms with E-state index in [2.05, 4.69) is 5.32 Å². The van der Waals surface area contributed by atoms with Gasteiger partial charge in [-0.2, -0.15) is 0 Å². The van der Waals surface area contributed by atoms with Gasteiger partial charge in [0.05, 0.1) is 6.10 Å². The summed E-state index contributed by atoms with van der Waals surface area (Å²) in [6.45, 7) is 2.62. The molecule has 0 bridgehead atoms. The van der Waals surface area contributed by atoms with Gasteiger partial charge in [-0.1, -0.05) is 18.2 Å². The van der Waals surface area contributed by atoms with Crippen LogP contribution in [0.3, 0.4) is 0 Å². The Morgan fingerprint density at radius 2 is 2.13 bits per heavy atom. The summed E-state index contributed by atoms with van der Waals surface area (Å²) in [5.41, 5.74) is 0.833. The van der Waals surface area contributed by atoms with Crippen molar-refractivity contribution in [3.8, 4) is 0 Å². The molecule has 1 atom stereocenters.